The number of nitrogens with zero attached hydrogens (tertiary/aromatic N) is 4. The molecule has 0 bridgehead atoms. The number of hydrogen-bond donors (Lipinski definition) is 1. The molecule has 36 heavy (non-hydrogen) atoms. The molecule has 2 amide bonds. The third-order valence-electron chi connectivity index (χ3n) is 7.28. The van der Waals surface area contributed by atoms with Crippen molar-refractivity contribution in [3.8, 4) is 11.3 Å². The maximum Gasteiger partial charge on any atom is 0.407 e. The fourth-order valence-electron chi connectivity index (χ4n) is 5.37. The number of amides is 2. The van der Waals surface area contributed by atoms with Crippen LogP contribution in [0, 0.1) is 5.92 Å². The fourth-order valence-corrected chi connectivity index (χ4v) is 5.37. The Morgan fingerprint density at radius 1 is 0.944 bits per heavy atom. The summed E-state index contributed by atoms with van der Waals surface area (Å²) in [6, 6.07) is 17.4. The van der Waals surface area contributed by atoms with Crippen LogP contribution in [0.1, 0.15) is 41.5 Å². The van der Waals surface area contributed by atoms with Gasteiger partial charge >= 0.3 is 6.09 Å². The van der Waals surface area contributed by atoms with E-state index in [-0.39, 0.29) is 43.3 Å². The summed E-state index contributed by atoms with van der Waals surface area (Å²) in [4.78, 5) is 46.0. The molecule has 2 aliphatic rings. The Hall–Kier alpha value is -3.94. The van der Waals surface area contributed by atoms with Crippen molar-refractivity contribution in [2.75, 3.05) is 19.6 Å². The summed E-state index contributed by atoms with van der Waals surface area (Å²) in [5, 5.41) is 9.51. The molecule has 1 fully saturated rings. The zero-order chi connectivity index (χ0) is 25.4. The van der Waals surface area contributed by atoms with Crippen molar-refractivity contribution in [3.05, 3.63) is 77.7 Å². The van der Waals surface area contributed by atoms with E-state index in [1.54, 1.807) is 20.2 Å². The monoisotopic (exact) mass is 486 g/mol. The Bertz CT molecular complexity index is 1270. The van der Waals surface area contributed by atoms with Crippen LogP contribution in [0.2, 0.25) is 0 Å². The van der Waals surface area contributed by atoms with E-state index in [1.807, 2.05) is 42.5 Å². The minimum absolute atomic E-state index is 0.0304. The van der Waals surface area contributed by atoms with E-state index in [9.17, 15) is 19.5 Å². The van der Waals surface area contributed by atoms with Crippen LogP contribution in [0.15, 0.2) is 60.9 Å². The second kappa shape index (κ2) is 9.60. The van der Waals surface area contributed by atoms with Crippen LogP contribution in [0.5, 0.6) is 0 Å². The van der Waals surface area contributed by atoms with Crippen LogP contribution < -0.4 is 0 Å². The minimum atomic E-state index is -1.08. The Morgan fingerprint density at radius 2 is 1.58 bits per heavy atom. The van der Waals surface area contributed by atoms with Gasteiger partial charge in [-0.1, -0.05) is 68.4 Å². The van der Waals surface area contributed by atoms with Crippen molar-refractivity contribution in [1.82, 2.24) is 19.4 Å². The van der Waals surface area contributed by atoms with Crippen molar-refractivity contribution >= 4 is 17.8 Å². The fraction of sp³-hybridized carbons (Fsp3) is 0.357. The van der Waals surface area contributed by atoms with Gasteiger partial charge in [0.05, 0.1) is 18.6 Å². The molecule has 1 aliphatic heterocycles. The lowest BCUT2D eigenvalue weighted by Gasteiger charge is -2.40. The summed E-state index contributed by atoms with van der Waals surface area (Å²) in [6.45, 7) is 3.81. The standard InChI is InChI=1S/C28H30N4O4/c1-18(2)26(33)23-16-30(28(35)36)12-13-31(23)27(34)24-25(19-8-4-3-5-9-19)32(17-29-24)22-14-20-10-6-7-11-21(20)15-22/h3-11,17-18,22-23H,12-16H2,1-2H3,(H,35,36)/t23-/m0/s1. The molecule has 2 heterocycles. The van der Waals surface area contributed by atoms with Crippen molar-refractivity contribution in [2.45, 2.75) is 38.8 Å². The Morgan fingerprint density at radius 3 is 2.19 bits per heavy atom. The molecule has 2 aromatic carbocycles. The molecule has 0 saturated carbocycles. The summed E-state index contributed by atoms with van der Waals surface area (Å²) < 4.78 is 2.09. The number of rotatable bonds is 5. The average molecular weight is 487 g/mol. The number of aromatic nitrogens is 2. The van der Waals surface area contributed by atoms with Gasteiger partial charge in [-0.25, -0.2) is 9.78 Å². The highest BCUT2D eigenvalue weighted by molar-refractivity contribution is 6.01. The highest BCUT2D eigenvalue weighted by atomic mass is 16.4. The molecule has 5 rings (SSSR count). The average Bonchev–Trinajstić information content (AvgIpc) is 3.52. The number of carbonyl (C=O) groups excluding carboxylic acids is 2. The molecule has 8 heteroatoms. The van der Waals surface area contributed by atoms with Crippen LogP contribution in [-0.4, -0.2) is 67.9 Å². The van der Waals surface area contributed by atoms with E-state index in [4.69, 9.17) is 0 Å². The van der Waals surface area contributed by atoms with Crippen molar-refractivity contribution in [2.24, 2.45) is 5.92 Å². The summed E-state index contributed by atoms with van der Waals surface area (Å²) in [5.41, 5.74) is 4.51. The van der Waals surface area contributed by atoms with Gasteiger partial charge in [-0.3, -0.25) is 9.59 Å². The van der Waals surface area contributed by atoms with Gasteiger partial charge in [0, 0.05) is 30.6 Å². The second-order valence-corrected chi connectivity index (χ2v) is 9.85. The number of imidazole rings is 1. The van der Waals surface area contributed by atoms with Crippen molar-refractivity contribution in [1.29, 1.82) is 0 Å². The summed E-state index contributed by atoms with van der Waals surface area (Å²) >= 11 is 0. The van der Waals surface area contributed by atoms with Crippen molar-refractivity contribution < 1.29 is 19.5 Å². The zero-order valence-electron chi connectivity index (χ0n) is 20.5. The second-order valence-electron chi connectivity index (χ2n) is 9.85. The summed E-state index contributed by atoms with van der Waals surface area (Å²) in [5.74, 6) is -0.824. The van der Waals surface area contributed by atoms with Crippen LogP contribution in [0.3, 0.4) is 0 Å². The molecule has 186 valence electrons. The van der Waals surface area contributed by atoms with Crippen LogP contribution >= 0.6 is 0 Å². The normalized spacial score (nSPS) is 17.9. The number of fused-ring (bicyclic) bond motifs is 1. The van der Waals surface area contributed by atoms with E-state index < -0.39 is 12.1 Å². The van der Waals surface area contributed by atoms with Gasteiger partial charge in [-0.15, -0.1) is 0 Å². The van der Waals surface area contributed by atoms with E-state index in [2.05, 4.69) is 21.7 Å². The number of piperazine rings is 1. The predicted octanol–water partition coefficient (Wildman–Crippen LogP) is 3.92. The third kappa shape index (κ3) is 4.27. The molecule has 1 atom stereocenters. The van der Waals surface area contributed by atoms with E-state index in [1.165, 1.54) is 20.9 Å². The third-order valence-corrected chi connectivity index (χ3v) is 7.28. The first-order chi connectivity index (χ1) is 17.3. The highest BCUT2D eigenvalue weighted by Gasteiger charge is 2.40. The lowest BCUT2D eigenvalue weighted by molar-refractivity contribution is -0.128. The Kier molecular flexibility index (Phi) is 6.35. The van der Waals surface area contributed by atoms with Gasteiger partial charge in [-0.05, 0) is 24.0 Å². The maximum atomic E-state index is 14.0. The molecule has 1 saturated heterocycles. The van der Waals surface area contributed by atoms with Gasteiger partial charge in [0.1, 0.15) is 6.04 Å². The number of benzene rings is 2. The molecule has 1 N–H and O–H groups in total. The first-order valence-corrected chi connectivity index (χ1v) is 12.4. The molecule has 0 spiro atoms. The molecular formula is C28H30N4O4. The minimum Gasteiger partial charge on any atom is -0.465 e. The van der Waals surface area contributed by atoms with Gasteiger partial charge in [0.2, 0.25) is 0 Å². The van der Waals surface area contributed by atoms with E-state index in [0.717, 1.165) is 24.1 Å². The largest absolute Gasteiger partial charge is 0.465 e. The topological polar surface area (TPSA) is 95.7 Å². The molecule has 0 radical (unpaired) electrons. The molecular weight excluding hydrogens is 456 g/mol. The number of carboxylic acid groups (broad SMARTS) is 1. The lowest BCUT2D eigenvalue weighted by Crippen LogP contribution is -2.60. The van der Waals surface area contributed by atoms with Crippen LogP contribution in [-0.2, 0) is 17.6 Å². The number of hydrogen-bond acceptors (Lipinski definition) is 4. The number of carbonyl (C=O) groups is 3. The summed E-state index contributed by atoms with van der Waals surface area (Å²) in [6.07, 6.45) is 2.36. The molecule has 0 unspecified atom stereocenters. The van der Waals surface area contributed by atoms with Gasteiger partial charge in [0.25, 0.3) is 5.91 Å². The zero-order valence-corrected chi connectivity index (χ0v) is 20.5. The smallest absolute Gasteiger partial charge is 0.407 e. The Balaban J connectivity index is 1.53. The lowest BCUT2D eigenvalue weighted by atomic mass is 9.97. The first kappa shape index (κ1) is 23.8. The SMILES string of the molecule is CC(C)C(=O)[C@@H]1CN(C(=O)O)CCN1C(=O)c1ncn(C2Cc3ccccc3C2)c1-c1ccccc1. The molecule has 1 aromatic heterocycles. The number of Topliss-reactive ketones (excluding diaryl/α,β-unsaturated/α-hetero) is 1. The van der Waals surface area contributed by atoms with Gasteiger partial charge in [-0.2, -0.15) is 0 Å². The molecule has 8 nitrogen and oxygen atoms in total. The highest BCUT2D eigenvalue weighted by Crippen LogP contribution is 2.35. The van der Waals surface area contributed by atoms with Gasteiger partial charge < -0.3 is 19.5 Å². The summed E-state index contributed by atoms with van der Waals surface area (Å²) in [7, 11) is 0. The van der Waals surface area contributed by atoms with Gasteiger partial charge in [0.15, 0.2) is 11.5 Å². The predicted molar refractivity (Wildman–Crippen MR) is 135 cm³/mol. The quantitative estimate of drug-likeness (QED) is 0.590. The molecule has 3 aromatic rings. The Labute approximate surface area is 210 Å². The van der Waals surface area contributed by atoms with Crippen LogP contribution in [0.4, 0.5) is 4.79 Å². The van der Waals surface area contributed by atoms with Crippen molar-refractivity contribution in [3.63, 3.8) is 0 Å². The van der Waals surface area contributed by atoms with E-state index in [0.29, 0.717) is 5.69 Å². The molecule has 1 aliphatic carbocycles. The van der Waals surface area contributed by atoms with E-state index >= 15 is 0 Å². The maximum absolute atomic E-state index is 14.0. The first-order valence-electron chi connectivity index (χ1n) is 12.4. The van der Waals surface area contributed by atoms with Crippen LogP contribution in [0.25, 0.3) is 11.3 Å². The number of ketones is 1.